The summed E-state index contributed by atoms with van der Waals surface area (Å²) in [5, 5.41) is 0. The Hall–Kier alpha value is -2.37. The van der Waals surface area contributed by atoms with E-state index in [1.165, 1.54) is 4.90 Å². The Balaban J connectivity index is 1.74. The van der Waals surface area contributed by atoms with Crippen molar-refractivity contribution in [2.45, 2.75) is 25.1 Å². The molecule has 0 aromatic heterocycles. The molecule has 3 rings (SSSR count). The van der Waals surface area contributed by atoms with E-state index in [0.29, 0.717) is 19.0 Å². The van der Waals surface area contributed by atoms with Crippen LogP contribution in [0.25, 0.3) is 0 Å². The molecule has 1 aliphatic rings. The average Bonchev–Trinajstić information content (AvgIpc) is 2.90. The number of benzene rings is 2. The number of carbonyl (C=O) groups excluding carboxylic acids is 1. The molecule has 0 saturated carbocycles. The number of likely N-dealkylation sites (tertiary alicyclic amines) is 1. The van der Waals surface area contributed by atoms with Crippen LogP contribution in [0.1, 0.15) is 29.0 Å². The minimum Gasteiger partial charge on any atom is -0.338 e. The first-order valence-electron chi connectivity index (χ1n) is 7.53. The summed E-state index contributed by atoms with van der Waals surface area (Å²) in [5.74, 6) is -1.04. The first kappa shape index (κ1) is 16.5. The van der Waals surface area contributed by atoms with Crippen LogP contribution < -0.4 is 0 Å². The predicted octanol–water partition coefficient (Wildman–Crippen LogP) is 4.36. The number of halogens is 4. The third kappa shape index (κ3) is 3.42. The number of nitrogens with zero attached hydrogens (tertiary/aromatic N) is 1. The minimum atomic E-state index is -4.58. The highest BCUT2D eigenvalue weighted by Crippen LogP contribution is 2.32. The van der Waals surface area contributed by atoms with Gasteiger partial charge in [-0.15, -0.1) is 0 Å². The second-order valence-electron chi connectivity index (χ2n) is 5.89. The van der Waals surface area contributed by atoms with Gasteiger partial charge in [0.05, 0.1) is 5.56 Å². The summed E-state index contributed by atoms with van der Waals surface area (Å²) in [5.41, 5.74) is 0.0879. The Morgan fingerprint density at radius 1 is 1.08 bits per heavy atom. The van der Waals surface area contributed by atoms with Crippen LogP contribution in [0.15, 0.2) is 48.5 Å². The Morgan fingerprint density at radius 3 is 2.42 bits per heavy atom. The fourth-order valence-corrected chi connectivity index (χ4v) is 2.93. The minimum absolute atomic E-state index is 0.0217. The summed E-state index contributed by atoms with van der Waals surface area (Å²) in [4.78, 5) is 13.6. The summed E-state index contributed by atoms with van der Waals surface area (Å²) in [6.45, 7) is 0.412. The van der Waals surface area contributed by atoms with E-state index >= 15 is 0 Å². The van der Waals surface area contributed by atoms with Crippen LogP contribution in [0.5, 0.6) is 0 Å². The maximum Gasteiger partial charge on any atom is 0.416 e. The third-order valence-corrected chi connectivity index (χ3v) is 4.23. The van der Waals surface area contributed by atoms with Crippen molar-refractivity contribution in [3.05, 3.63) is 71.0 Å². The molecule has 24 heavy (non-hydrogen) atoms. The molecule has 1 amide bonds. The van der Waals surface area contributed by atoms with Gasteiger partial charge in [-0.05, 0) is 17.7 Å². The molecule has 2 aromatic carbocycles. The maximum atomic E-state index is 13.9. The van der Waals surface area contributed by atoms with Gasteiger partial charge in [-0.25, -0.2) is 4.39 Å². The van der Waals surface area contributed by atoms with Crippen molar-refractivity contribution in [1.82, 2.24) is 4.90 Å². The van der Waals surface area contributed by atoms with Crippen molar-refractivity contribution >= 4 is 5.91 Å². The summed E-state index contributed by atoms with van der Waals surface area (Å²) in [6.07, 6.45) is -4.26. The first-order chi connectivity index (χ1) is 11.3. The van der Waals surface area contributed by atoms with E-state index in [0.717, 1.165) is 17.7 Å². The van der Waals surface area contributed by atoms with Gasteiger partial charge in [0.2, 0.25) is 5.91 Å². The molecule has 1 saturated heterocycles. The Labute approximate surface area is 136 Å². The molecule has 1 aliphatic heterocycles. The topological polar surface area (TPSA) is 20.3 Å². The molecule has 6 heteroatoms. The molecule has 0 spiro atoms. The normalized spacial score (nSPS) is 18.2. The van der Waals surface area contributed by atoms with Gasteiger partial charge in [-0.2, -0.15) is 13.2 Å². The van der Waals surface area contributed by atoms with Crippen LogP contribution in [-0.2, 0) is 17.5 Å². The van der Waals surface area contributed by atoms with Crippen LogP contribution in [0, 0.1) is 5.82 Å². The van der Waals surface area contributed by atoms with Crippen molar-refractivity contribution in [3.8, 4) is 0 Å². The van der Waals surface area contributed by atoms with E-state index in [1.54, 1.807) is 0 Å². The monoisotopic (exact) mass is 337 g/mol. The molecular weight excluding hydrogens is 322 g/mol. The molecule has 1 atom stereocenters. The van der Waals surface area contributed by atoms with Gasteiger partial charge >= 0.3 is 6.18 Å². The smallest absolute Gasteiger partial charge is 0.338 e. The van der Waals surface area contributed by atoms with Gasteiger partial charge in [0, 0.05) is 31.0 Å². The maximum absolute atomic E-state index is 13.9. The molecule has 0 radical (unpaired) electrons. The highest BCUT2D eigenvalue weighted by atomic mass is 19.4. The van der Waals surface area contributed by atoms with Crippen molar-refractivity contribution < 1.29 is 22.4 Å². The second-order valence-corrected chi connectivity index (χ2v) is 5.89. The van der Waals surface area contributed by atoms with Crippen LogP contribution >= 0.6 is 0 Å². The lowest BCUT2D eigenvalue weighted by Gasteiger charge is -2.18. The van der Waals surface area contributed by atoms with Gasteiger partial charge in [-0.3, -0.25) is 4.79 Å². The van der Waals surface area contributed by atoms with E-state index < -0.39 is 17.6 Å². The number of carbonyl (C=O) groups is 1. The van der Waals surface area contributed by atoms with Crippen LogP contribution in [0.2, 0.25) is 0 Å². The number of alkyl halides is 3. The lowest BCUT2D eigenvalue weighted by molar-refractivity contribution is -0.137. The van der Waals surface area contributed by atoms with Gasteiger partial charge in [-0.1, -0.05) is 36.4 Å². The highest BCUT2D eigenvalue weighted by molar-refractivity contribution is 5.79. The number of hydrogen-bond acceptors (Lipinski definition) is 1. The fraction of sp³-hybridized carbons (Fsp3) is 0.278. The quantitative estimate of drug-likeness (QED) is 0.762. The summed E-state index contributed by atoms with van der Waals surface area (Å²) < 4.78 is 51.7. The largest absolute Gasteiger partial charge is 0.416 e. The molecule has 0 unspecified atom stereocenters. The highest BCUT2D eigenvalue weighted by Gasteiger charge is 2.33. The standard InChI is InChI=1S/C18H15F4NO/c19-16-9-15(18(20,21)22)7-6-13(16)10-23-11-14(8-17(23)24)12-4-2-1-3-5-12/h1-7,9,14H,8,10-11H2/t14-/m0/s1. The third-order valence-electron chi connectivity index (χ3n) is 4.23. The number of hydrogen-bond donors (Lipinski definition) is 0. The Bertz CT molecular complexity index is 742. The number of rotatable bonds is 3. The lowest BCUT2D eigenvalue weighted by atomic mass is 9.98. The van der Waals surface area contributed by atoms with Crippen molar-refractivity contribution in [1.29, 1.82) is 0 Å². The summed E-state index contributed by atoms with van der Waals surface area (Å²) in [6, 6.07) is 11.9. The molecule has 0 aliphatic carbocycles. The van der Waals surface area contributed by atoms with Gasteiger partial charge in [0.1, 0.15) is 5.82 Å². The first-order valence-corrected chi connectivity index (χ1v) is 7.53. The zero-order chi connectivity index (χ0) is 17.3. The van der Waals surface area contributed by atoms with E-state index in [-0.39, 0.29) is 23.9 Å². The SMILES string of the molecule is O=C1C[C@H](c2ccccc2)CN1Cc1ccc(C(F)(F)F)cc1F. The van der Waals surface area contributed by atoms with Gasteiger partial charge in [0.25, 0.3) is 0 Å². The Morgan fingerprint density at radius 2 is 1.79 bits per heavy atom. The van der Waals surface area contributed by atoms with Gasteiger partial charge in [0.15, 0.2) is 0 Å². The van der Waals surface area contributed by atoms with E-state index in [1.807, 2.05) is 30.3 Å². The zero-order valence-electron chi connectivity index (χ0n) is 12.7. The molecule has 2 aromatic rings. The van der Waals surface area contributed by atoms with Crippen LogP contribution in [0.3, 0.4) is 0 Å². The Kier molecular flexibility index (Phi) is 4.30. The van der Waals surface area contributed by atoms with Crippen LogP contribution in [-0.4, -0.2) is 17.4 Å². The zero-order valence-corrected chi connectivity index (χ0v) is 12.7. The van der Waals surface area contributed by atoms with E-state index in [4.69, 9.17) is 0 Å². The van der Waals surface area contributed by atoms with Crippen LogP contribution in [0.4, 0.5) is 17.6 Å². The molecule has 1 heterocycles. The lowest BCUT2D eigenvalue weighted by Crippen LogP contribution is -2.25. The molecule has 2 nitrogen and oxygen atoms in total. The second kappa shape index (κ2) is 6.26. The average molecular weight is 337 g/mol. The number of amides is 1. The van der Waals surface area contributed by atoms with E-state index in [9.17, 15) is 22.4 Å². The molecule has 1 fully saturated rings. The van der Waals surface area contributed by atoms with Crippen molar-refractivity contribution in [2.75, 3.05) is 6.54 Å². The van der Waals surface area contributed by atoms with Crippen molar-refractivity contribution in [3.63, 3.8) is 0 Å². The van der Waals surface area contributed by atoms with Gasteiger partial charge < -0.3 is 4.90 Å². The molecule has 0 N–H and O–H groups in total. The molecule has 0 bridgehead atoms. The fourth-order valence-electron chi connectivity index (χ4n) is 2.93. The molecular formula is C18H15F4NO. The van der Waals surface area contributed by atoms with E-state index in [2.05, 4.69) is 0 Å². The summed E-state index contributed by atoms with van der Waals surface area (Å²) >= 11 is 0. The van der Waals surface area contributed by atoms with Crippen molar-refractivity contribution in [2.24, 2.45) is 0 Å². The molecule has 126 valence electrons. The predicted molar refractivity (Wildman–Crippen MR) is 80.6 cm³/mol. The summed E-state index contributed by atoms with van der Waals surface area (Å²) in [7, 11) is 0.